The van der Waals surface area contributed by atoms with E-state index in [9.17, 15) is 24.4 Å². The van der Waals surface area contributed by atoms with Crippen LogP contribution in [0.15, 0.2) is 60.7 Å². The van der Waals surface area contributed by atoms with Crippen molar-refractivity contribution < 1.29 is 24.4 Å². The van der Waals surface area contributed by atoms with Crippen LogP contribution in [0.1, 0.15) is 56.6 Å². The zero-order valence-corrected chi connectivity index (χ0v) is 22.3. The van der Waals surface area contributed by atoms with Gasteiger partial charge in [0.2, 0.25) is 17.7 Å². The molecule has 0 aromatic heterocycles. The predicted molar refractivity (Wildman–Crippen MR) is 145 cm³/mol. The van der Waals surface area contributed by atoms with Crippen LogP contribution in [-0.2, 0) is 32.0 Å². The molecule has 3 atom stereocenters. The Hall–Kier alpha value is -3.72. The molecule has 0 saturated carbocycles. The molecule has 2 aromatic carbocycles. The first-order valence-electron chi connectivity index (χ1n) is 13.2. The van der Waals surface area contributed by atoms with Crippen molar-refractivity contribution >= 4 is 23.6 Å². The molecule has 9 nitrogen and oxygen atoms in total. The molecule has 0 radical (unpaired) electrons. The van der Waals surface area contributed by atoms with Crippen LogP contribution in [0.25, 0.3) is 0 Å². The summed E-state index contributed by atoms with van der Waals surface area (Å²) < 4.78 is 0. The van der Waals surface area contributed by atoms with Crippen molar-refractivity contribution in [3.8, 4) is 0 Å². The number of unbranched alkanes of at least 4 members (excludes halogenated alkanes) is 4. The van der Waals surface area contributed by atoms with Crippen LogP contribution in [0.3, 0.4) is 0 Å². The molecule has 38 heavy (non-hydrogen) atoms. The zero-order chi connectivity index (χ0) is 27.9. The lowest BCUT2D eigenvalue weighted by atomic mass is 9.96. The van der Waals surface area contributed by atoms with Crippen molar-refractivity contribution in [1.29, 1.82) is 0 Å². The largest absolute Gasteiger partial charge is 0.369 e. The maximum Gasteiger partial charge on any atom is 0.259 e. The third-order valence-electron chi connectivity index (χ3n) is 6.49. The molecule has 9 heteroatoms. The average Bonchev–Trinajstić information content (AvgIpc) is 2.93. The maximum atomic E-state index is 13.4. The molecule has 0 aliphatic carbocycles. The Balaban J connectivity index is 2.24. The van der Waals surface area contributed by atoms with Gasteiger partial charge in [0.1, 0.15) is 18.0 Å². The number of likely N-dealkylation sites (N-methyl/N-ethyl adjacent to an activating group) is 1. The molecular formula is C29H40N4O5. The van der Waals surface area contributed by atoms with Crippen molar-refractivity contribution in [2.75, 3.05) is 7.05 Å². The summed E-state index contributed by atoms with van der Waals surface area (Å²) in [5.41, 5.74) is 7.06. The summed E-state index contributed by atoms with van der Waals surface area (Å²) in [7, 11) is 1.47. The summed E-state index contributed by atoms with van der Waals surface area (Å²) in [6, 6.07) is 15.9. The Morgan fingerprint density at radius 3 is 1.92 bits per heavy atom. The van der Waals surface area contributed by atoms with E-state index >= 15 is 0 Å². The summed E-state index contributed by atoms with van der Waals surface area (Å²) in [6.07, 6.45) is 4.81. The minimum atomic E-state index is -1.35. The molecule has 5 N–H and O–H groups in total. The number of carbonyl (C=O) groups is 4. The van der Waals surface area contributed by atoms with E-state index in [1.165, 1.54) is 7.05 Å². The fourth-order valence-electron chi connectivity index (χ4n) is 4.28. The molecule has 0 spiro atoms. The number of nitrogens with zero attached hydrogens (tertiary/aromatic N) is 1. The van der Waals surface area contributed by atoms with Crippen LogP contribution in [0.4, 0.5) is 0 Å². The summed E-state index contributed by atoms with van der Waals surface area (Å²) in [5, 5.41) is 16.5. The lowest BCUT2D eigenvalue weighted by molar-refractivity contribution is -0.185. The number of rotatable bonds is 16. The Bertz CT molecular complexity index is 1030. The van der Waals surface area contributed by atoms with Crippen molar-refractivity contribution in [2.45, 2.75) is 70.4 Å². The quantitative estimate of drug-likeness (QED) is 0.116. The molecule has 2 rings (SSSR count). The van der Waals surface area contributed by atoms with E-state index in [1.807, 2.05) is 30.3 Å². The van der Waals surface area contributed by atoms with Crippen molar-refractivity contribution in [3.63, 3.8) is 0 Å². The second kappa shape index (κ2) is 16.2. The van der Waals surface area contributed by atoms with Gasteiger partial charge in [-0.05, 0) is 24.0 Å². The fourth-order valence-corrected chi connectivity index (χ4v) is 4.28. The van der Waals surface area contributed by atoms with Crippen LogP contribution in [0, 0.1) is 5.92 Å². The third-order valence-corrected chi connectivity index (χ3v) is 6.49. The van der Waals surface area contributed by atoms with Crippen LogP contribution >= 0.6 is 0 Å². The molecule has 0 saturated heterocycles. The monoisotopic (exact) mass is 524 g/mol. The Labute approximate surface area is 224 Å². The number of carbonyl (C=O) groups excluding carboxylic acids is 4. The lowest BCUT2D eigenvalue weighted by Gasteiger charge is -2.29. The highest BCUT2D eigenvalue weighted by molar-refractivity contribution is 6.01. The van der Waals surface area contributed by atoms with Gasteiger partial charge in [0.15, 0.2) is 0 Å². The highest BCUT2D eigenvalue weighted by atomic mass is 16.5. The Morgan fingerprint density at radius 2 is 1.39 bits per heavy atom. The highest BCUT2D eigenvalue weighted by Crippen LogP contribution is 2.17. The molecule has 3 unspecified atom stereocenters. The topological polar surface area (TPSA) is 142 Å². The van der Waals surface area contributed by atoms with E-state index in [2.05, 4.69) is 17.6 Å². The van der Waals surface area contributed by atoms with Gasteiger partial charge in [0.05, 0.1) is 0 Å². The van der Waals surface area contributed by atoms with Gasteiger partial charge in [0.25, 0.3) is 5.91 Å². The molecule has 0 fully saturated rings. The fraction of sp³-hybridized carbons (Fsp3) is 0.448. The first-order valence-corrected chi connectivity index (χ1v) is 13.2. The first kappa shape index (κ1) is 30.5. The van der Waals surface area contributed by atoms with E-state index in [0.29, 0.717) is 17.0 Å². The molecule has 206 valence electrons. The molecule has 2 aromatic rings. The minimum Gasteiger partial charge on any atom is -0.369 e. The normalized spacial score (nSPS) is 13.1. The van der Waals surface area contributed by atoms with Crippen LogP contribution in [0.5, 0.6) is 0 Å². The number of benzene rings is 2. The summed E-state index contributed by atoms with van der Waals surface area (Å²) in [5.74, 6) is -4.28. The number of amides is 4. The Kier molecular flexibility index (Phi) is 13.0. The van der Waals surface area contributed by atoms with E-state index in [-0.39, 0.29) is 19.3 Å². The number of nitrogens with two attached hydrogens (primary N) is 1. The van der Waals surface area contributed by atoms with E-state index in [1.54, 1.807) is 30.3 Å². The number of primary amides is 1. The maximum absolute atomic E-state index is 13.4. The number of nitrogens with one attached hydrogen (secondary N) is 2. The second-order valence-electron chi connectivity index (χ2n) is 9.41. The average molecular weight is 525 g/mol. The number of hydroxylamine groups is 2. The highest BCUT2D eigenvalue weighted by Gasteiger charge is 2.37. The van der Waals surface area contributed by atoms with E-state index in [4.69, 9.17) is 5.73 Å². The molecule has 4 amide bonds. The Morgan fingerprint density at radius 1 is 0.842 bits per heavy atom. The predicted octanol–water partition coefficient (Wildman–Crippen LogP) is 2.75. The first-order chi connectivity index (χ1) is 18.3. The molecule has 0 heterocycles. The molecule has 0 aliphatic rings. The van der Waals surface area contributed by atoms with Gasteiger partial charge >= 0.3 is 0 Å². The summed E-state index contributed by atoms with van der Waals surface area (Å²) >= 11 is 0. The van der Waals surface area contributed by atoms with Gasteiger partial charge in [-0.15, -0.1) is 0 Å². The van der Waals surface area contributed by atoms with Crippen LogP contribution < -0.4 is 16.4 Å². The van der Waals surface area contributed by atoms with Gasteiger partial charge in [-0.3, -0.25) is 24.4 Å². The van der Waals surface area contributed by atoms with E-state index in [0.717, 1.165) is 31.2 Å². The number of hydrogen-bond acceptors (Lipinski definition) is 5. The SMILES string of the molecule is CCCCCCCC(C(=O)NC(Cc1ccccc1)C(=O)NC)N(O)C(=O)C(Cc1ccccc1)C(N)=O. The lowest BCUT2D eigenvalue weighted by Crippen LogP contribution is -2.56. The van der Waals surface area contributed by atoms with Gasteiger partial charge < -0.3 is 16.4 Å². The van der Waals surface area contributed by atoms with Gasteiger partial charge in [-0.2, -0.15) is 0 Å². The number of hydrogen-bond donors (Lipinski definition) is 4. The van der Waals surface area contributed by atoms with Gasteiger partial charge in [0, 0.05) is 13.5 Å². The third kappa shape index (κ3) is 9.63. The van der Waals surface area contributed by atoms with Crippen molar-refractivity contribution in [3.05, 3.63) is 71.8 Å². The molecule has 0 bridgehead atoms. The van der Waals surface area contributed by atoms with Gasteiger partial charge in [-0.25, -0.2) is 5.06 Å². The smallest absolute Gasteiger partial charge is 0.259 e. The van der Waals surface area contributed by atoms with Crippen molar-refractivity contribution in [1.82, 2.24) is 15.7 Å². The minimum absolute atomic E-state index is 0.00816. The standard InChI is InChI=1S/C29H40N4O5/c1-3-4-5-6-13-18-25(28(36)32-24(27(35)31-2)20-22-16-11-8-12-17-22)33(38)29(37)23(26(30)34)19-21-14-9-7-10-15-21/h7-12,14-17,23-25,38H,3-6,13,18-20H2,1-2H3,(H2,30,34)(H,31,35)(H,32,36). The summed E-state index contributed by atoms with van der Waals surface area (Å²) in [4.78, 5) is 51.4. The van der Waals surface area contributed by atoms with Crippen molar-refractivity contribution in [2.24, 2.45) is 11.7 Å². The molecular weight excluding hydrogens is 484 g/mol. The van der Waals surface area contributed by atoms with Crippen LogP contribution in [0.2, 0.25) is 0 Å². The summed E-state index contributed by atoms with van der Waals surface area (Å²) in [6.45, 7) is 2.09. The second-order valence-corrected chi connectivity index (χ2v) is 9.41. The van der Waals surface area contributed by atoms with E-state index < -0.39 is 41.6 Å². The molecule has 0 aliphatic heterocycles. The van der Waals surface area contributed by atoms with Crippen LogP contribution in [-0.4, -0.2) is 53.0 Å². The van der Waals surface area contributed by atoms with Gasteiger partial charge in [-0.1, -0.05) is 99.7 Å². The zero-order valence-electron chi connectivity index (χ0n) is 22.3.